The Bertz CT molecular complexity index is 1080. The predicted molar refractivity (Wildman–Crippen MR) is 121 cm³/mol. The number of hydrogen-bond acceptors (Lipinski definition) is 4. The molecular weight excluding hydrogens is 406 g/mol. The number of nitrogens with zero attached hydrogens (tertiary/aromatic N) is 3. The highest BCUT2D eigenvalue weighted by Crippen LogP contribution is 2.26. The predicted octanol–water partition coefficient (Wildman–Crippen LogP) is 4.85. The first-order valence-corrected chi connectivity index (χ1v) is 10.7. The van der Waals surface area contributed by atoms with Crippen molar-refractivity contribution in [2.45, 2.75) is 37.7 Å². The average molecular weight is 430 g/mol. The lowest BCUT2D eigenvalue weighted by Crippen LogP contribution is -2.34. The van der Waals surface area contributed by atoms with E-state index in [1.165, 1.54) is 11.8 Å². The summed E-state index contributed by atoms with van der Waals surface area (Å²) in [6, 6.07) is 14.6. The van der Waals surface area contributed by atoms with Gasteiger partial charge in [0, 0.05) is 24.3 Å². The summed E-state index contributed by atoms with van der Waals surface area (Å²) in [6.07, 6.45) is 0. The van der Waals surface area contributed by atoms with E-state index in [0.29, 0.717) is 27.6 Å². The van der Waals surface area contributed by atoms with E-state index in [0.717, 1.165) is 5.69 Å². The van der Waals surface area contributed by atoms with Crippen LogP contribution in [0.5, 0.6) is 0 Å². The minimum atomic E-state index is -0.415. The van der Waals surface area contributed by atoms with Crippen molar-refractivity contribution in [1.82, 2.24) is 9.55 Å². The summed E-state index contributed by atoms with van der Waals surface area (Å²) in [5.74, 6) is 0.203. The van der Waals surface area contributed by atoms with Gasteiger partial charge in [-0.05, 0) is 43.2 Å². The number of rotatable bonds is 6. The average Bonchev–Trinajstić information content (AvgIpc) is 2.70. The Hall–Kier alpha value is -2.31. The van der Waals surface area contributed by atoms with E-state index >= 15 is 0 Å². The number of para-hydroxylation sites is 1. The standard InChI is InChI=1S/C22H24ClN3O2S/c1-14(2)13-26-21(28)18-11-10-16(23)12-19(18)24-22(26)29-15(3)20(27)25(4)17-8-6-5-7-9-17/h5-12,14-15H,13H2,1-4H3/t15-/m1/s1. The second-order valence-electron chi connectivity index (χ2n) is 7.36. The molecule has 3 rings (SSSR count). The van der Waals surface area contributed by atoms with Crippen LogP contribution in [0.3, 0.4) is 0 Å². The summed E-state index contributed by atoms with van der Waals surface area (Å²) < 4.78 is 1.66. The topological polar surface area (TPSA) is 55.2 Å². The Labute approximate surface area is 179 Å². The molecule has 3 aromatic rings. The second kappa shape index (κ2) is 9.01. The molecule has 152 valence electrons. The van der Waals surface area contributed by atoms with Gasteiger partial charge in [-0.25, -0.2) is 4.98 Å². The third-order valence-corrected chi connectivity index (χ3v) is 5.85. The van der Waals surface area contributed by atoms with Gasteiger partial charge in [0.05, 0.1) is 16.2 Å². The lowest BCUT2D eigenvalue weighted by Gasteiger charge is -2.22. The van der Waals surface area contributed by atoms with Crippen LogP contribution in [-0.2, 0) is 11.3 Å². The van der Waals surface area contributed by atoms with Gasteiger partial charge in [-0.3, -0.25) is 14.2 Å². The van der Waals surface area contributed by atoms with E-state index in [-0.39, 0.29) is 17.4 Å². The third kappa shape index (κ3) is 4.82. The first kappa shape index (κ1) is 21.4. The van der Waals surface area contributed by atoms with Gasteiger partial charge >= 0.3 is 0 Å². The molecule has 0 fully saturated rings. The van der Waals surface area contributed by atoms with Crippen LogP contribution in [-0.4, -0.2) is 27.8 Å². The van der Waals surface area contributed by atoms with Gasteiger partial charge in [-0.1, -0.05) is 55.4 Å². The Kier molecular flexibility index (Phi) is 6.65. The molecule has 2 aromatic carbocycles. The Balaban J connectivity index is 1.97. The van der Waals surface area contributed by atoms with Gasteiger partial charge in [-0.15, -0.1) is 0 Å². The quantitative estimate of drug-likeness (QED) is 0.415. The zero-order chi connectivity index (χ0) is 21.1. The fraction of sp³-hybridized carbons (Fsp3) is 0.318. The van der Waals surface area contributed by atoms with E-state index in [2.05, 4.69) is 4.98 Å². The molecule has 5 nitrogen and oxygen atoms in total. The number of fused-ring (bicyclic) bond motifs is 1. The zero-order valence-corrected chi connectivity index (χ0v) is 18.5. The molecule has 0 N–H and O–H groups in total. The van der Waals surface area contributed by atoms with Crippen molar-refractivity contribution >= 4 is 45.9 Å². The minimum Gasteiger partial charge on any atom is -0.315 e. The summed E-state index contributed by atoms with van der Waals surface area (Å²) in [6.45, 7) is 6.46. The summed E-state index contributed by atoms with van der Waals surface area (Å²) in [5, 5.41) is 1.16. The maximum atomic E-state index is 13.1. The van der Waals surface area contributed by atoms with Crippen LogP contribution < -0.4 is 10.5 Å². The van der Waals surface area contributed by atoms with Crippen LogP contribution in [0.4, 0.5) is 5.69 Å². The minimum absolute atomic E-state index is 0.0577. The van der Waals surface area contributed by atoms with E-state index < -0.39 is 5.25 Å². The largest absolute Gasteiger partial charge is 0.315 e. The highest BCUT2D eigenvalue weighted by Gasteiger charge is 2.23. The van der Waals surface area contributed by atoms with Crippen LogP contribution in [0.25, 0.3) is 10.9 Å². The lowest BCUT2D eigenvalue weighted by molar-refractivity contribution is -0.117. The van der Waals surface area contributed by atoms with Crippen molar-refractivity contribution in [3.8, 4) is 0 Å². The van der Waals surface area contributed by atoms with Gasteiger partial charge in [-0.2, -0.15) is 0 Å². The highest BCUT2D eigenvalue weighted by atomic mass is 35.5. The number of carbonyl (C=O) groups excluding carboxylic acids is 1. The van der Waals surface area contributed by atoms with Gasteiger partial charge < -0.3 is 4.90 Å². The molecule has 0 aliphatic carbocycles. The summed E-state index contributed by atoms with van der Waals surface area (Å²) in [7, 11) is 1.75. The fourth-order valence-electron chi connectivity index (χ4n) is 3.05. The number of amides is 1. The van der Waals surface area contributed by atoms with Crippen molar-refractivity contribution in [2.75, 3.05) is 11.9 Å². The number of carbonyl (C=O) groups is 1. The molecular formula is C22H24ClN3O2S. The molecule has 0 radical (unpaired) electrons. The van der Waals surface area contributed by atoms with E-state index in [4.69, 9.17) is 11.6 Å². The molecule has 1 heterocycles. The molecule has 0 unspecified atom stereocenters. The summed E-state index contributed by atoms with van der Waals surface area (Å²) >= 11 is 7.39. The van der Waals surface area contributed by atoms with Gasteiger partial charge in [0.1, 0.15) is 0 Å². The monoisotopic (exact) mass is 429 g/mol. The smallest absolute Gasteiger partial charge is 0.262 e. The van der Waals surface area contributed by atoms with Crippen LogP contribution in [0.2, 0.25) is 5.02 Å². The zero-order valence-electron chi connectivity index (χ0n) is 16.9. The lowest BCUT2D eigenvalue weighted by atomic mass is 10.2. The van der Waals surface area contributed by atoms with Crippen molar-refractivity contribution < 1.29 is 4.79 Å². The third-order valence-electron chi connectivity index (χ3n) is 4.53. The number of halogens is 1. The Morgan fingerprint density at radius 3 is 2.52 bits per heavy atom. The molecule has 29 heavy (non-hydrogen) atoms. The summed E-state index contributed by atoms with van der Waals surface area (Å²) in [4.78, 5) is 32.3. The molecule has 0 saturated carbocycles. The summed E-state index contributed by atoms with van der Waals surface area (Å²) in [5.41, 5.74) is 1.25. The van der Waals surface area contributed by atoms with Gasteiger partial charge in [0.15, 0.2) is 5.16 Å². The van der Waals surface area contributed by atoms with E-state index in [1.54, 1.807) is 34.7 Å². The number of hydrogen-bond donors (Lipinski definition) is 0. The number of anilines is 1. The number of thioether (sulfide) groups is 1. The maximum absolute atomic E-state index is 13.1. The molecule has 0 aliphatic rings. The molecule has 0 aliphatic heterocycles. The van der Waals surface area contributed by atoms with Gasteiger partial charge in [0.2, 0.25) is 5.91 Å². The second-order valence-corrected chi connectivity index (χ2v) is 9.10. The Morgan fingerprint density at radius 2 is 1.86 bits per heavy atom. The molecule has 1 aromatic heterocycles. The molecule has 1 atom stereocenters. The molecule has 7 heteroatoms. The normalized spacial score (nSPS) is 12.3. The highest BCUT2D eigenvalue weighted by molar-refractivity contribution is 8.00. The first-order chi connectivity index (χ1) is 13.8. The first-order valence-electron chi connectivity index (χ1n) is 9.47. The maximum Gasteiger partial charge on any atom is 0.262 e. The van der Waals surface area contributed by atoms with Crippen LogP contribution in [0.1, 0.15) is 20.8 Å². The number of aromatic nitrogens is 2. The van der Waals surface area contributed by atoms with Crippen molar-refractivity contribution in [1.29, 1.82) is 0 Å². The van der Waals surface area contributed by atoms with Crippen LogP contribution in [0, 0.1) is 5.92 Å². The molecule has 0 bridgehead atoms. The van der Waals surface area contributed by atoms with Crippen LogP contribution >= 0.6 is 23.4 Å². The van der Waals surface area contributed by atoms with Crippen molar-refractivity contribution in [3.05, 3.63) is 63.9 Å². The van der Waals surface area contributed by atoms with Crippen molar-refractivity contribution in [2.24, 2.45) is 5.92 Å². The van der Waals surface area contributed by atoms with E-state index in [1.807, 2.05) is 51.1 Å². The van der Waals surface area contributed by atoms with E-state index in [9.17, 15) is 9.59 Å². The SMILES string of the molecule is CC(C)Cn1c(S[C@H](C)C(=O)N(C)c2ccccc2)nc2cc(Cl)ccc2c1=O. The fourth-order valence-corrected chi connectivity index (χ4v) is 4.23. The molecule has 1 amide bonds. The van der Waals surface area contributed by atoms with Gasteiger partial charge in [0.25, 0.3) is 5.56 Å². The van der Waals surface area contributed by atoms with Crippen LogP contribution in [0.15, 0.2) is 58.5 Å². The molecule has 0 saturated heterocycles. The van der Waals surface area contributed by atoms with Crippen molar-refractivity contribution in [3.63, 3.8) is 0 Å². The Morgan fingerprint density at radius 1 is 1.17 bits per heavy atom. The number of benzene rings is 2. The molecule has 0 spiro atoms.